The van der Waals surface area contributed by atoms with E-state index in [0.717, 1.165) is 18.4 Å². The molecule has 0 saturated heterocycles. The van der Waals surface area contributed by atoms with Crippen LogP contribution in [0.4, 0.5) is 0 Å². The second kappa shape index (κ2) is 5.96. The Kier molecular flexibility index (Phi) is 4.57. The lowest BCUT2D eigenvalue weighted by Gasteiger charge is -2.09. The van der Waals surface area contributed by atoms with Gasteiger partial charge in [0, 0.05) is 23.0 Å². The number of aromatic nitrogens is 1. The summed E-state index contributed by atoms with van der Waals surface area (Å²) in [7, 11) is 0. The van der Waals surface area contributed by atoms with Gasteiger partial charge in [0.25, 0.3) is 0 Å². The van der Waals surface area contributed by atoms with Gasteiger partial charge in [0.2, 0.25) is 0 Å². The van der Waals surface area contributed by atoms with Crippen molar-refractivity contribution in [1.29, 1.82) is 0 Å². The number of hydrogen-bond acceptors (Lipinski definition) is 3. The Morgan fingerprint density at radius 2 is 2.29 bits per heavy atom. The minimum absolute atomic E-state index is 0.453. The fraction of sp³-hybridized carbons (Fsp3) is 0.786. The second-order valence-corrected chi connectivity index (χ2v) is 6.26. The molecule has 1 N–H and O–H groups in total. The lowest BCUT2D eigenvalue weighted by Crippen LogP contribution is -2.16. The van der Waals surface area contributed by atoms with E-state index in [1.165, 1.54) is 35.6 Å². The maximum atomic E-state index is 4.65. The molecule has 96 valence electrons. The number of nitrogens with one attached hydrogen (secondary N) is 1. The number of thiazole rings is 1. The van der Waals surface area contributed by atoms with Gasteiger partial charge < -0.3 is 5.32 Å². The summed E-state index contributed by atoms with van der Waals surface area (Å²) >= 11 is 1.92. The normalized spacial score (nSPS) is 26.3. The van der Waals surface area contributed by atoms with E-state index in [0.29, 0.717) is 6.04 Å². The van der Waals surface area contributed by atoms with Crippen molar-refractivity contribution in [2.75, 3.05) is 6.54 Å². The van der Waals surface area contributed by atoms with Crippen LogP contribution in [-0.2, 0) is 0 Å². The van der Waals surface area contributed by atoms with Crippen LogP contribution >= 0.6 is 11.3 Å². The molecule has 1 aliphatic carbocycles. The highest BCUT2D eigenvalue weighted by Crippen LogP contribution is 2.41. The average molecular weight is 252 g/mol. The smallest absolute Gasteiger partial charge is 0.0959 e. The Hall–Kier alpha value is -0.410. The maximum Gasteiger partial charge on any atom is 0.0959 e. The Bertz CT molecular complexity index is 348. The van der Waals surface area contributed by atoms with E-state index in [-0.39, 0.29) is 0 Å². The molecule has 2 nitrogen and oxygen atoms in total. The summed E-state index contributed by atoms with van der Waals surface area (Å²) in [6.07, 6.45) is 7.52. The molecule has 0 amide bonds. The van der Waals surface area contributed by atoms with Crippen molar-refractivity contribution >= 4 is 11.3 Å². The van der Waals surface area contributed by atoms with E-state index < -0.39 is 0 Å². The molecule has 3 heteroatoms. The highest BCUT2D eigenvalue weighted by atomic mass is 32.1. The summed E-state index contributed by atoms with van der Waals surface area (Å²) in [6, 6.07) is 0.453. The third kappa shape index (κ3) is 3.08. The summed E-state index contributed by atoms with van der Waals surface area (Å²) in [5.74, 6) is 1.69. The SMILES string of the molecule is CCNC(C)c1cnc(C2CCC(CC)C2)s1. The molecule has 1 aromatic rings. The van der Waals surface area contributed by atoms with Crippen molar-refractivity contribution in [2.45, 2.75) is 58.4 Å². The standard InChI is InChI=1S/C14H24N2S/c1-4-11-6-7-12(8-11)14-16-9-13(17-14)10(3)15-5-2/h9-12,15H,4-8H2,1-3H3. The fourth-order valence-corrected chi connectivity index (χ4v) is 3.86. The summed E-state index contributed by atoms with van der Waals surface area (Å²) in [5.41, 5.74) is 0. The van der Waals surface area contributed by atoms with E-state index in [1.807, 2.05) is 11.3 Å². The Labute approximate surface area is 109 Å². The van der Waals surface area contributed by atoms with E-state index >= 15 is 0 Å². The van der Waals surface area contributed by atoms with Gasteiger partial charge in [-0.15, -0.1) is 11.3 Å². The van der Waals surface area contributed by atoms with Gasteiger partial charge in [0.05, 0.1) is 5.01 Å². The van der Waals surface area contributed by atoms with Gasteiger partial charge in [-0.05, 0) is 38.6 Å². The van der Waals surface area contributed by atoms with Crippen LogP contribution in [0.5, 0.6) is 0 Å². The van der Waals surface area contributed by atoms with Gasteiger partial charge in [-0.3, -0.25) is 0 Å². The van der Waals surface area contributed by atoms with Crippen LogP contribution < -0.4 is 5.32 Å². The van der Waals surface area contributed by atoms with Gasteiger partial charge in [-0.1, -0.05) is 20.3 Å². The molecule has 1 aromatic heterocycles. The molecule has 2 rings (SSSR count). The first-order valence-corrected chi connectivity index (χ1v) is 7.75. The molecule has 0 aliphatic heterocycles. The lowest BCUT2D eigenvalue weighted by molar-refractivity contribution is 0.521. The Morgan fingerprint density at radius 3 is 2.94 bits per heavy atom. The fourth-order valence-electron chi connectivity index (χ4n) is 2.77. The van der Waals surface area contributed by atoms with Crippen LogP contribution in [0.1, 0.15) is 68.3 Å². The zero-order chi connectivity index (χ0) is 12.3. The van der Waals surface area contributed by atoms with Crippen molar-refractivity contribution < 1.29 is 0 Å². The molecule has 3 unspecified atom stereocenters. The first-order chi connectivity index (χ1) is 8.24. The molecule has 1 heterocycles. The van der Waals surface area contributed by atoms with Crippen molar-refractivity contribution in [2.24, 2.45) is 5.92 Å². The van der Waals surface area contributed by atoms with Crippen molar-refractivity contribution in [3.05, 3.63) is 16.1 Å². The highest BCUT2D eigenvalue weighted by Gasteiger charge is 2.27. The first-order valence-electron chi connectivity index (χ1n) is 6.93. The molecular weight excluding hydrogens is 228 g/mol. The zero-order valence-electron chi connectivity index (χ0n) is 11.2. The van der Waals surface area contributed by atoms with Gasteiger partial charge >= 0.3 is 0 Å². The van der Waals surface area contributed by atoms with Crippen LogP contribution in [-0.4, -0.2) is 11.5 Å². The minimum Gasteiger partial charge on any atom is -0.310 e. The molecule has 1 aliphatic rings. The Morgan fingerprint density at radius 1 is 1.47 bits per heavy atom. The van der Waals surface area contributed by atoms with Gasteiger partial charge in [-0.25, -0.2) is 4.98 Å². The van der Waals surface area contributed by atoms with Crippen LogP contribution in [0.2, 0.25) is 0 Å². The number of rotatable bonds is 5. The maximum absolute atomic E-state index is 4.65. The predicted octanol–water partition coefficient (Wildman–Crippen LogP) is 4.11. The number of nitrogens with zero attached hydrogens (tertiary/aromatic N) is 1. The second-order valence-electron chi connectivity index (χ2n) is 5.16. The average Bonchev–Trinajstić information content (AvgIpc) is 2.98. The molecule has 0 radical (unpaired) electrons. The summed E-state index contributed by atoms with van der Waals surface area (Å²) < 4.78 is 0. The third-order valence-corrected chi connectivity index (χ3v) is 5.29. The minimum atomic E-state index is 0.453. The first kappa shape index (κ1) is 13.0. The summed E-state index contributed by atoms with van der Waals surface area (Å²) in [5, 5.41) is 4.83. The monoisotopic (exact) mass is 252 g/mol. The highest BCUT2D eigenvalue weighted by molar-refractivity contribution is 7.11. The molecule has 0 bridgehead atoms. The molecule has 1 fully saturated rings. The summed E-state index contributed by atoms with van der Waals surface area (Å²) in [6.45, 7) is 7.72. The number of hydrogen-bond donors (Lipinski definition) is 1. The van der Waals surface area contributed by atoms with Crippen LogP contribution in [0, 0.1) is 5.92 Å². The van der Waals surface area contributed by atoms with E-state index in [1.54, 1.807) is 0 Å². The van der Waals surface area contributed by atoms with Crippen molar-refractivity contribution in [3.8, 4) is 0 Å². The van der Waals surface area contributed by atoms with Crippen LogP contribution in [0.3, 0.4) is 0 Å². The van der Waals surface area contributed by atoms with E-state index in [2.05, 4.69) is 37.3 Å². The van der Waals surface area contributed by atoms with Crippen LogP contribution in [0.25, 0.3) is 0 Å². The van der Waals surface area contributed by atoms with Gasteiger partial charge in [0.15, 0.2) is 0 Å². The van der Waals surface area contributed by atoms with E-state index in [4.69, 9.17) is 0 Å². The molecule has 17 heavy (non-hydrogen) atoms. The van der Waals surface area contributed by atoms with Gasteiger partial charge in [0.1, 0.15) is 0 Å². The predicted molar refractivity (Wildman–Crippen MR) is 74.6 cm³/mol. The Balaban J connectivity index is 1.98. The third-order valence-electron chi connectivity index (χ3n) is 3.95. The molecule has 0 spiro atoms. The van der Waals surface area contributed by atoms with Crippen LogP contribution in [0.15, 0.2) is 6.20 Å². The van der Waals surface area contributed by atoms with Gasteiger partial charge in [-0.2, -0.15) is 0 Å². The van der Waals surface area contributed by atoms with Crippen molar-refractivity contribution in [1.82, 2.24) is 10.3 Å². The largest absolute Gasteiger partial charge is 0.310 e. The topological polar surface area (TPSA) is 24.9 Å². The zero-order valence-corrected chi connectivity index (χ0v) is 12.0. The molecule has 0 aromatic carbocycles. The van der Waals surface area contributed by atoms with Crippen molar-refractivity contribution in [3.63, 3.8) is 0 Å². The molecule has 3 atom stereocenters. The quantitative estimate of drug-likeness (QED) is 0.853. The lowest BCUT2D eigenvalue weighted by atomic mass is 10.0. The molecular formula is C14H24N2S. The summed E-state index contributed by atoms with van der Waals surface area (Å²) in [4.78, 5) is 6.04. The van der Waals surface area contributed by atoms with E-state index in [9.17, 15) is 0 Å². The molecule has 1 saturated carbocycles.